The molecule has 0 bridgehead atoms. The summed E-state index contributed by atoms with van der Waals surface area (Å²) in [7, 11) is 0. The second kappa shape index (κ2) is 23.9. The predicted molar refractivity (Wildman–Crippen MR) is 281 cm³/mol. The molecule has 0 radical (unpaired) electrons. The Labute approximate surface area is 456 Å². The first-order chi connectivity index (χ1) is 37.0. The van der Waals surface area contributed by atoms with Crippen LogP contribution in [0.15, 0.2) is 91.0 Å². The van der Waals surface area contributed by atoms with Crippen LogP contribution in [0.1, 0.15) is 144 Å². The van der Waals surface area contributed by atoms with Crippen LogP contribution >= 0.6 is 0 Å². The summed E-state index contributed by atoms with van der Waals surface area (Å²) in [6, 6.07) is 25.0. The van der Waals surface area contributed by atoms with Gasteiger partial charge in [0.1, 0.15) is 36.6 Å². The Morgan fingerprint density at radius 1 is 0.628 bits per heavy atom. The first-order valence-corrected chi connectivity index (χ1v) is 27.7. The number of hydrogen-bond donors (Lipinski definition) is 3. The second-order valence-corrected chi connectivity index (χ2v) is 23.5. The molecule has 17 atom stereocenters. The van der Waals surface area contributed by atoms with Crippen molar-refractivity contribution in [1.29, 1.82) is 0 Å². The lowest BCUT2D eigenvalue weighted by Gasteiger charge is -2.68. The maximum Gasteiger partial charge on any atom is 0.338 e. The lowest BCUT2D eigenvalue weighted by atomic mass is 9.40. The number of carbonyl (C=O) groups is 6. The number of rotatable bonds is 19. The summed E-state index contributed by atoms with van der Waals surface area (Å²) in [6.07, 6.45) is -5.65. The van der Waals surface area contributed by atoms with E-state index in [1.807, 2.05) is 6.92 Å². The smallest absolute Gasteiger partial charge is 0.338 e. The molecule has 1 aliphatic heterocycles. The number of carbonyl (C=O) groups excluding carboxylic acids is 6. The van der Waals surface area contributed by atoms with Crippen molar-refractivity contribution in [2.45, 2.75) is 173 Å². The average Bonchev–Trinajstić information content (AvgIpc) is 3.90. The number of esters is 6. The summed E-state index contributed by atoms with van der Waals surface area (Å²) in [6.45, 7) is 13.9. The van der Waals surface area contributed by atoms with E-state index in [-0.39, 0.29) is 54.9 Å². The Hall–Kier alpha value is -5.72. The Balaban J connectivity index is 1.03. The highest BCUT2D eigenvalue weighted by molar-refractivity contribution is 5.91. The molecule has 1 saturated heterocycles. The summed E-state index contributed by atoms with van der Waals surface area (Å²) in [5, 5.41) is 37.1. The second-order valence-electron chi connectivity index (χ2n) is 23.5. The molecule has 5 fully saturated rings. The van der Waals surface area contributed by atoms with Gasteiger partial charge in [-0.3, -0.25) is 14.4 Å². The fraction of sp³-hybridized carbons (Fsp3) is 0.607. The SMILES string of the molecule is CC(=O)O[C@H]1[C@H](OC(C)=O)[C@@H]2[C@](C)(CC[C@H]3[C@@]2(O)C[C@@H](OC(C)=O)[C@@]2(O)C[C@@H](O)CC[C@]32C)[C@H]1[C@H](C)CC[C@H](CCO[C@@H]1O[C@@H](COC(=O)c2ccccc2)[C@H](OC(=O)c2ccccc2)[C@H]1OC(=O)c1ccccc1)C(C)C. The molecule has 4 saturated carbocycles. The van der Waals surface area contributed by atoms with E-state index in [0.717, 1.165) is 0 Å². The highest BCUT2D eigenvalue weighted by Gasteiger charge is 2.77. The van der Waals surface area contributed by atoms with Gasteiger partial charge in [-0.05, 0) is 104 Å². The molecule has 78 heavy (non-hydrogen) atoms. The van der Waals surface area contributed by atoms with Crippen LogP contribution in [0.5, 0.6) is 0 Å². The van der Waals surface area contributed by atoms with Gasteiger partial charge in [0.05, 0.1) is 35.0 Å². The summed E-state index contributed by atoms with van der Waals surface area (Å²) in [5.74, 6) is -5.67. The number of ether oxygens (including phenoxy) is 8. The largest absolute Gasteiger partial charge is 0.459 e. The molecule has 5 aliphatic rings. The predicted octanol–water partition coefficient (Wildman–Crippen LogP) is 7.99. The van der Waals surface area contributed by atoms with Gasteiger partial charge in [-0.15, -0.1) is 0 Å². The molecule has 0 spiro atoms. The molecule has 4 aliphatic carbocycles. The molecule has 0 aromatic heterocycles. The van der Waals surface area contributed by atoms with Gasteiger partial charge in [-0.2, -0.15) is 0 Å². The van der Waals surface area contributed by atoms with E-state index >= 15 is 0 Å². The molecule has 0 amide bonds. The maximum atomic E-state index is 13.8. The molecule has 8 rings (SSSR count). The van der Waals surface area contributed by atoms with Crippen LogP contribution in [-0.2, 0) is 52.3 Å². The van der Waals surface area contributed by atoms with Crippen LogP contribution in [0.2, 0.25) is 0 Å². The van der Waals surface area contributed by atoms with Gasteiger partial charge < -0.3 is 53.2 Å². The molecule has 17 heteroatoms. The minimum Gasteiger partial charge on any atom is -0.459 e. The van der Waals surface area contributed by atoms with Crippen LogP contribution in [0.3, 0.4) is 0 Å². The number of aliphatic hydroxyl groups is 3. The van der Waals surface area contributed by atoms with Gasteiger partial charge in [0, 0.05) is 50.9 Å². The summed E-state index contributed by atoms with van der Waals surface area (Å²) in [5.41, 5.74) is -4.33. The average molecular weight is 1080 g/mol. The summed E-state index contributed by atoms with van der Waals surface area (Å²) >= 11 is 0. The third kappa shape index (κ3) is 11.8. The van der Waals surface area contributed by atoms with Crippen molar-refractivity contribution in [3.05, 3.63) is 108 Å². The number of fused-ring (bicyclic) bond motifs is 5. The fourth-order valence-electron chi connectivity index (χ4n) is 14.8. The normalized spacial score (nSPS) is 34.7. The molecule has 3 N–H and O–H groups in total. The third-order valence-corrected chi connectivity index (χ3v) is 18.3. The van der Waals surface area contributed by atoms with Crippen molar-refractivity contribution in [3.63, 3.8) is 0 Å². The van der Waals surface area contributed by atoms with E-state index in [1.54, 1.807) is 91.0 Å². The number of hydrogen-bond acceptors (Lipinski definition) is 17. The number of aliphatic hydroxyl groups excluding tert-OH is 1. The zero-order chi connectivity index (χ0) is 56.3. The van der Waals surface area contributed by atoms with Gasteiger partial charge in [0.25, 0.3) is 0 Å². The topological polar surface area (TPSA) is 237 Å². The molecule has 3 aromatic carbocycles. The van der Waals surface area contributed by atoms with Crippen molar-refractivity contribution in [1.82, 2.24) is 0 Å². The fourth-order valence-corrected chi connectivity index (χ4v) is 14.8. The van der Waals surface area contributed by atoms with E-state index < -0.39 is 125 Å². The number of benzene rings is 3. The van der Waals surface area contributed by atoms with Gasteiger partial charge in [-0.1, -0.05) is 95.6 Å². The molecule has 3 aromatic rings. The van der Waals surface area contributed by atoms with Crippen molar-refractivity contribution in [2.75, 3.05) is 13.2 Å². The van der Waals surface area contributed by atoms with Crippen LogP contribution < -0.4 is 0 Å². The molecule has 1 heterocycles. The van der Waals surface area contributed by atoms with Crippen molar-refractivity contribution in [2.24, 2.45) is 46.3 Å². The van der Waals surface area contributed by atoms with Gasteiger partial charge in [0.2, 0.25) is 0 Å². The van der Waals surface area contributed by atoms with Gasteiger partial charge in [0.15, 0.2) is 18.5 Å². The Morgan fingerprint density at radius 2 is 1.17 bits per heavy atom. The molecular weight excluding hydrogens is 1000 g/mol. The monoisotopic (exact) mass is 1080 g/mol. The van der Waals surface area contributed by atoms with Crippen LogP contribution in [0.25, 0.3) is 0 Å². The first kappa shape index (κ1) is 58.4. The maximum absolute atomic E-state index is 13.8. The summed E-state index contributed by atoms with van der Waals surface area (Å²) < 4.78 is 49.2. The minimum absolute atomic E-state index is 0.0331. The van der Waals surface area contributed by atoms with E-state index in [1.165, 1.54) is 20.8 Å². The highest BCUT2D eigenvalue weighted by atomic mass is 16.7. The Kier molecular flexibility index (Phi) is 17.9. The zero-order valence-electron chi connectivity index (χ0n) is 46.1. The Bertz CT molecular complexity index is 2600. The lowest BCUT2D eigenvalue weighted by molar-refractivity contribution is -0.317. The molecular formula is C61H78O17. The zero-order valence-corrected chi connectivity index (χ0v) is 46.1. The Morgan fingerprint density at radius 3 is 1.72 bits per heavy atom. The molecule has 0 unspecified atom stereocenters. The van der Waals surface area contributed by atoms with E-state index in [2.05, 4.69) is 27.7 Å². The van der Waals surface area contributed by atoms with Gasteiger partial charge in [-0.25, -0.2) is 14.4 Å². The highest BCUT2D eigenvalue weighted by Crippen LogP contribution is 2.71. The van der Waals surface area contributed by atoms with Crippen molar-refractivity contribution in [3.8, 4) is 0 Å². The quantitative estimate of drug-likeness (QED) is 0.0762. The molecule has 17 nitrogen and oxygen atoms in total. The third-order valence-electron chi connectivity index (χ3n) is 18.3. The van der Waals surface area contributed by atoms with E-state index in [4.69, 9.17) is 37.9 Å². The minimum atomic E-state index is -1.67. The van der Waals surface area contributed by atoms with E-state index in [9.17, 15) is 44.1 Å². The van der Waals surface area contributed by atoms with Crippen LogP contribution in [-0.4, -0.2) is 125 Å². The van der Waals surface area contributed by atoms with Crippen LogP contribution in [0, 0.1) is 46.3 Å². The summed E-state index contributed by atoms with van der Waals surface area (Å²) in [4.78, 5) is 79.7. The first-order valence-electron chi connectivity index (χ1n) is 27.7. The van der Waals surface area contributed by atoms with E-state index in [0.29, 0.717) is 50.5 Å². The van der Waals surface area contributed by atoms with Gasteiger partial charge >= 0.3 is 35.8 Å². The standard InChI is InChI=1S/C61H78O17/c1-35(2)40(28-31-71-57-52(78-56(68)43-22-16-11-17-23-43)49(77-55(67)42-20-14-10-15-21-42)45(76-57)34-72-54(66)41-18-12-9-13-19-41)25-24-36(3)48-50(74-38(5)63)51(75-39(6)64)53-58(48,7)29-27-46-59(8)30-26-44(65)32-61(59,70)47(73-37(4)62)33-60(46,53)69/h9-23,35-36,40,44-53,57,65,69-70H,24-34H2,1-8H3/t36-,40-,44+,45+,46-,47-,48+,49+,50-,51+,52-,53-,57-,58-,59-,60+,61+/m1/s1. The van der Waals surface area contributed by atoms with Crippen molar-refractivity contribution >= 4 is 35.8 Å². The molecule has 424 valence electrons. The van der Waals surface area contributed by atoms with Crippen molar-refractivity contribution < 1.29 is 82.0 Å². The lowest BCUT2D eigenvalue weighted by Crippen LogP contribution is -2.75. The van der Waals surface area contributed by atoms with Crippen LogP contribution in [0.4, 0.5) is 0 Å².